The molecule has 0 aromatic heterocycles. The van der Waals surface area contributed by atoms with Crippen molar-refractivity contribution in [3.8, 4) is 0 Å². The molecule has 0 spiro atoms. The second-order valence-electron chi connectivity index (χ2n) is 3.17. The number of aliphatic hydroxyl groups is 2. The van der Waals surface area contributed by atoms with Crippen molar-refractivity contribution in [3.63, 3.8) is 0 Å². The molecule has 2 N–H and O–H groups in total. The molecule has 0 bridgehead atoms. The van der Waals surface area contributed by atoms with Crippen molar-refractivity contribution >= 4 is 10.0 Å². The van der Waals surface area contributed by atoms with E-state index in [4.69, 9.17) is 10.2 Å². The van der Waals surface area contributed by atoms with Crippen molar-refractivity contribution in [2.75, 3.05) is 13.2 Å². The first kappa shape index (κ1) is 14.0. The molecule has 8 heteroatoms. The standard InChI is InChI=1S/C9H10F2NO4S/c10-6-1-2-9(8(11)3-6)17(15,16)12-7(4-13)5-14/h1-3,7,13-14H,4-5H2/q-1. The molecule has 0 aliphatic carbocycles. The van der Waals surface area contributed by atoms with Crippen LogP contribution in [-0.2, 0) is 10.0 Å². The first-order valence-electron chi connectivity index (χ1n) is 4.54. The quantitative estimate of drug-likeness (QED) is 0.806. The minimum Gasteiger partial charge on any atom is -0.538 e. The number of hydrogen-bond acceptors (Lipinski definition) is 4. The summed E-state index contributed by atoms with van der Waals surface area (Å²) in [5.41, 5.74) is 0. The van der Waals surface area contributed by atoms with E-state index in [0.717, 1.165) is 12.1 Å². The largest absolute Gasteiger partial charge is 0.538 e. The maximum atomic E-state index is 13.2. The summed E-state index contributed by atoms with van der Waals surface area (Å²) in [6.45, 7) is -1.39. The van der Waals surface area contributed by atoms with E-state index in [1.165, 1.54) is 0 Å². The van der Waals surface area contributed by atoms with E-state index in [0.29, 0.717) is 6.07 Å². The summed E-state index contributed by atoms with van der Waals surface area (Å²) in [4.78, 5) is -0.800. The summed E-state index contributed by atoms with van der Waals surface area (Å²) in [5, 5.41) is 17.4. The lowest BCUT2D eigenvalue weighted by Crippen LogP contribution is -2.21. The zero-order valence-corrected chi connectivity index (χ0v) is 9.36. The molecule has 1 aromatic rings. The van der Waals surface area contributed by atoms with Gasteiger partial charge in [-0.25, -0.2) is 17.2 Å². The number of nitrogens with zero attached hydrogens (tertiary/aromatic N) is 1. The number of halogens is 2. The molecule has 0 radical (unpaired) electrons. The maximum Gasteiger partial charge on any atom is 0.143 e. The molecule has 17 heavy (non-hydrogen) atoms. The van der Waals surface area contributed by atoms with Crippen LogP contribution in [0.25, 0.3) is 4.72 Å². The van der Waals surface area contributed by atoms with E-state index >= 15 is 0 Å². The minimum atomic E-state index is -4.37. The zero-order chi connectivity index (χ0) is 13.1. The van der Waals surface area contributed by atoms with Crippen LogP contribution in [0.4, 0.5) is 8.78 Å². The number of rotatable bonds is 5. The Balaban J connectivity index is 3.05. The van der Waals surface area contributed by atoms with Crippen molar-refractivity contribution in [2.24, 2.45) is 0 Å². The van der Waals surface area contributed by atoms with Crippen molar-refractivity contribution < 1.29 is 27.4 Å². The smallest absolute Gasteiger partial charge is 0.143 e. The number of sulfonamides is 1. The molecule has 0 aliphatic heterocycles. The molecular formula is C9H10F2NO4S-. The average molecular weight is 266 g/mol. The van der Waals surface area contributed by atoms with Gasteiger partial charge in [-0.2, -0.15) is 0 Å². The van der Waals surface area contributed by atoms with E-state index < -0.39 is 45.8 Å². The average Bonchev–Trinajstić information content (AvgIpc) is 2.25. The first-order valence-corrected chi connectivity index (χ1v) is 5.98. The van der Waals surface area contributed by atoms with Gasteiger partial charge in [0.1, 0.15) is 21.7 Å². The summed E-state index contributed by atoms with van der Waals surface area (Å²) < 4.78 is 52.0. The van der Waals surface area contributed by atoms with Crippen LogP contribution in [0.5, 0.6) is 0 Å². The fraction of sp³-hybridized carbons (Fsp3) is 0.333. The van der Waals surface area contributed by atoms with E-state index in [-0.39, 0.29) is 0 Å². The molecule has 0 heterocycles. The van der Waals surface area contributed by atoms with Crippen molar-refractivity contribution in [2.45, 2.75) is 10.9 Å². The van der Waals surface area contributed by atoms with Gasteiger partial charge in [0, 0.05) is 19.3 Å². The van der Waals surface area contributed by atoms with Gasteiger partial charge in [-0.1, -0.05) is 6.04 Å². The highest BCUT2D eigenvalue weighted by atomic mass is 32.2. The molecule has 0 aliphatic rings. The minimum absolute atomic E-state index is 0.412. The lowest BCUT2D eigenvalue weighted by molar-refractivity contribution is 0.210. The zero-order valence-electron chi connectivity index (χ0n) is 8.55. The summed E-state index contributed by atoms with van der Waals surface area (Å²) in [6.07, 6.45) is 0. The van der Waals surface area contributed by atoms with Crippen LogP contribution in [0.1, 0.15) is 0 Å². The Hall–Kier alpha value is -1.09. The van der Waals surface area contributed by atoms with Crippen LogP contribution in [0.3, 0.4) is 0 Å². The monoisotopic (exact) mass is 266 g/mol. The number of hydrogen-bond donors (Lipinski definition) is 2. The molecule has 0 amide bonds. The molecule has 5 nitrogen and oxygen atoms in total. The maximum absolute atomic E-state index is 13.2. The van der Waals surface area contributed by atoms with E-state index in [1.54, 1.807) is 0 Å². The van der Waals surface area contributed by atoms with Crippen molar-refractivity contribution in [1.82, 2.24) is 0 Å². The molecule has 0 saturated carbocycles. The van der Waals surface area contributed by atoms with Crippen LogP contribution >= 0.6 is 0 Å². The van der Waals surface area contributed by atoms with Crippen molar-refractivity contribution in [1.29, 1.82) is 0 Å². The molecule has 0 fully saturated rings. The molecule has 0 unspecified atom stereocenters. The highest BCUT2D eigenvalue weighted by Crippen LogP contribution is 2.22. The van der Waals surface area contributed by atoms with Gasteiger partial charge in [0.2, 0.25) is 0 Å². The van der Waals surface area contributed by atoms with Crippen LogP contribution in [0.15, 0.2) is 23.1 Å². The fourth-order valence-electron chi connectivity index (χ4n) is 1.06. The number of benzene rings is 1. The summed E-state index contributed by atoms with van der Waals surface area (Å²) in [7, 11) is -4.37. The SMILES string of the molecule is O=S(=O)([N-]C(CO)CO)c1ccc(F)cc1F. The highest BCUT2D eigenvalue weighted by Gasteiger charge is 2.13. The topological polar surface area (TPSA) is 88.7 Å². The van der Waals surface area contributed by atoms with Crippen molar-refractivity contribution in [3.05, 3.63) is 34.6 Å². The van der Waals surface area contributed by atoms with E-state index in [9.17, 15) is 17.2 Å². The molecule has 0 saturated heterocycles. The Kier molecular flexibility index (Phi) is 4.52. The van der Waals surface area contributed by atoms with E-state index in [2.05, 4.69) is 4.72 Å². The normalized spacial score (nSPS) is 12.1. The van der Waals surface area contributed by atoms with Gasteiger partial charge >= 0.3 is 0 Å². The molecule has 0 atom stereocenters. The van der Waals surface area contributed by atoms with Gasteiger partial charge in [0.25, 0.3) is 0 Å². The Labute approximate surface area is 96.8 Å². The Morgan fingerprint density at radius 2 is 1.82 bits per heavy atom. The van der Waals surface area contributed by atoms with Gasteiger partial charge in [0.15, 0.2) is 0 Å². The highest BCUT2D eigenvalue weighted by molar-refractivity contribution is 7.94. The Morgan fingerprint density at radius 1 is 1.24 bits per heavy atom. The third-order valence-corrected chi connectivity index (χ3v) is 3.34. The predicted molar refractivity (Wildman–Crippen MR) is 54.9 cm³/mol. The second-order valence-corrected chi connectivity index (χ2v) is 4.77. The Morgan fingerprint density at radius 3 is 2.29 bits per heavy atom. The lowest BCUT2D eigenvalue weighted by Gasteiger charge is -2.27. The Bertz CT molecular complexity index is 488. The molecule has 1 rings (SSSR count). The third kappa shape index (κ3) is 3.43. The summed E-state index contributed by atoms with van der Waals surface area (Å²) in [6, 6.07) is 0.660. The van der Waals surface area contributed by atoms with Gasteiger partial charge in [-0.05, 0) is 12.1 Å². The van der Waals surface area contributed by atoms with Crippen LogP contribution in [-0.4, -0.2) is 37.9 Å². The molecular weight excluding hydrogens is 256 g/mol. The predicted octanol–water partition coefficient (Wildman–Crippen LogP) is 0.380. The van der Waals surface area contributed by atoms with Crippen LogP contribution in [0, 0.1) is 11.6 Å². The molecule has 1 aromatic carbocycles. The summed E-state index contributed by atoms with van der Waals surface area (Å²) >= 11 is 0. The number of aliphatic hydroxyl groups excluding tert-OH is 2. The van der Waals surface area contributed by atoms with Crippen LogP contribution in [0.2, 0.25) is 0 Å². The van der Waals surface area contributed by atoms with Crippen LogP contribution < -0.4 is 0 Å². The second kappa shape index (κ2) is 5.50. The van der Waals surface area contributed by atoms with Gasteiger partial charge in [0.05, 0.1) is 4.90 Å². The van der Waals surface area contributed by atoms with Gasteiger partial charge in [-0.3, -0.25) is 0 Å². The lowest BCUT2D eigenvalue weighted by atomic mass is 10.3. The fourth-order valence-corrected chi connectivity index (χ4v) is 2.25. The van der Waals surface area contributed by atoms with E-state index in [1.807, 2.05) is 0 Å². The van der Waals surface area contributed by atoms with Gasteiger partial charge < -0.3 is 14.9 Å². The molecule has 96 valence electrons. The third-order valence-electron chi connectivity index (χ3n) is 1.88. The van der Waals surface area contributed by atoms with Gasteiger partial charge in [-0.15, -0.1) is 0 Å². The first-order chi connectivity index (χ1) is 7.90. The summed E-state index contributed by atoms with van der Waals surface area (Å²) in [5.74, 6) is -2.19.